The predicted octanol–water partition coefficient (Wildman–Crippen LogP) is 12.7. The van der Waals surface area contributed by atoms with Crippen molar-refractivity contribution in [3.8, 4) is 44.5 Å². The highest BCUT2D eigenvalue weighted by Crippen LogP contribution is 2.52. The van der Waals surface area contributed by atoms with E-state index in [0.29, 0.717) is 0 Å². The van der Waals surface area contributed by atoms with Gasteiger partial charge < -0.3 is 20.2 Å². The van der Waals surface area contributed by atoms with Crippen LogP contribution in [0.15, 0.2) is 48.5 Å². The molecule has 2 unspecified atom stereocenters. The smallest absolute Gasteiger partial charge is 0.169 e. The van der Waals surface area contributed by atoms with Gasteiger partial charge in [-0.15, -0.1) is 0 Å². The molecule has 0 amide bonds. The van der Waals surface area contributed by atoms with Crippen LogP contribution in [-0.4, -0.2) is 39.9 Å². The van der Waals surface area contributed by atoms with E-state index < -0.39 is 220 Å². The fraction of sp³-hybridized carbons (Fsp3) is 0.118. The van der Waals surface area contributed by atoms with Gasteiger partial charge in [0.15, 0.2) is 93.1 Å². The molecule has 0 saturated heterocycles. The number of hydrogen-bond acceptors (Lipinski definition) is 5. The van der Waals surface area contributed by atoms with Crippen molar-refractivity contribution >= 4 is 34.2 Å². The first kappa shape index (κ1) is 49.0. The number of halogens is 16. The molecule has 0 saturated carbocycles. The molecule has 11 rings (SSSR count). The Kier molecular flexibility index (Phi) is 11.6. The summed E-state index contributed by atoms with van der Waals surface area (Å²) in [5, 5.41) is 25.0. The quantitative estimate of drug-likeness (QED) is 0.0978. The molecule has 2 atom stereocenters. The van der Waals surface area contributed by atoms with Gasteiger partial charge in [0, 0.05) is 91.7 Å². The molecule has 4 N–H and O–H groups in total. The zero-order valence-electron chi connectivity index (χ0n) is 37.0. The van der Waals surface area contributed by atoms with Crippen LogP contribution in [0.4, 0.5) is 70.2 Å². The highest BCUT2D eigenvalue weighted by molar-refractivity contribution is 5.98. The molecule has 382 valence electrons. The Morgan fingerprint density at radius 3 is 1.11 bits per heavy atom. The zero-order valence-corrected chi connectivity index (χ0v) is 37.0. The van der Waals surface area contributed by atoms with Crippen LogP contribution in [0.3, 0.4) is 0 Å². The molecule has 75 heavy (non-hydrogen) atoms. The number of aromatic amines is 2. The monoisotopic (exact) mass is 1060 g/mol. The summed E-state index contributed by atoms with van der Waals surface area (Å²) in [4.78, 5) is 13.9. The highest BCUT2D eigenvalue weighted by atomic mass is 19.2. The molecule has 0 aliphatic carbocycles. The number of hydrogen-bond donors (Lipinski definition) is 4. The van der Waals surface area contributed by atoms with E-state index >= 15 is 70.2 Å². The van der Waals surface area contributed by atoms with Gasteiger partial charge in [-0.05, 0) is 42.8 Å². The summed E-state index contributed by atoms with van der Waals surface area (Å²) in [5.74, 6) is -36.0. The summed E-state index contributed by atoms with van der Waals surface area (Å²) in [7, 11) is 0. The third kappa shape index (κ3) is 7.34. The SMILES string of the molecule is OCc1nn2c(c1CO)CC1c3nc(c(-c4c(F)c(F)cc(F)c4F)c4ccc([nH]4)c(-c4c(F)c(F)cc(F)c4F)c4nc(c(-c5c(F)c(F)cc(F)c5F)c5ccc([nH]5)c3-c3c(F)c(F)cc(F)c3F)C=C4)C1C2. The molecule has 3 aliphatic rings. The standard InChI is InChI=1S/C51H24F16N6O2/c52-18-8-19(53)43(61)38(42(18)60)34-26-1-2-27(68-26)35(39-44(62)20(54)9-21(55)45(39)63)29-4-6-31(70-29)37(41-48(66)24(58)11-25(59)49(41)67)51-16-12-73-33(17(13-74)32(14-75)72-73)7-15(16)50(71-51)36(30-5-3-28(34)69-30)40-46(64)22(56)10-23(57)47(40)65/h1-6,8-11,15-16,69-70,74-75H,7,12-14H2. The molecule has 8 aromatic rings. The molecule has 24 heteroatoms. The first-order chi connectivity index (χ1) is 35.7. The maximum Gasteiger partial charge on any atom is 0.169 e. The van der Waals surface area contributed by atoms with Gasteiger partial charge in [0.25, 0.3) is 0 Å². The number of nitrogens with zero attached hydrogens (tertiary/aromatic N) is 4. The summed E-state index contributed by atoms with van der Waals surface area (Å²) in [6.45, 7) is -2.20. The fourth-order valence-electron chi connectivity index (χ4n) is 10.1. The average Bonchev–Trinajstić information content (AvgIpc) is 4.25. The van der Waals surface area contributed by atoms with Crippen LogP contribution < -0.4 is 0 Å². The van der Waals surface area contributed by atoms with Crippen LogP contribution in [0, 0.1) is 93.1 Å². The summed E-state index contributed by atoms with van der Waals surface area (Å²) in [5.41, 5.74) is -16.0. The van der Waals surface area contributed by atoms with Crippen LogP contribution in [0.1, 0.15) is 51.6 Å². The van der Waals surface area contributed by atoms with Gasteiger partial charge in [-0.1, -0.05) is 0 Å². The van der Waals surface area contributed by atoms with Gasteiger partial charge in [-0.25, -0.2) is 75.2 Å². The van der Waals surface area contributed by atoms with Gasteiger partial charge in [-0.3, -0.25) is 9.67 Å². The zero-order chi connectivity index (χ0) is 53.4. The Morgan fingerprint density at radius 2 is 0.760 bits per heavy atom. The van der Waals surface area contributed by atoms with Crippen molar-refractivity contribution in [3.05, 3.63) is 181 Å². The molecule has 8 nitrogen and oxygen atoms in total. The first-order valence-corrected chi connectivity index (χ1v) is 21.8. The summed E-state index contributed by atoms with van der Waals surface area (Å²) >= 11 is 0. The Hall–Kier alpha value is -8.25. The predicted molar refractivity (Wildman–Crippen MR) is 234 cm³/mol. The van der Waals surface area contributed by atoms with E-state index in [-0.39, 0.29) is 41.2 Å². The third-order valence-corrected chi connectivity index (χ3v) is 13.3. The molecule has 0 spiro atoms. The van der Waals surface area contributed by atoms with Crippen LogP contribution in [0.2, 0.25) is 0 Å². The van der Waals surface area contributed by atoms with Gasteiger partial charge in [0.1, 0.15) is 0 Å². The molecule has 4 aromatic heterocycles. The topological polar surface area (TPSA) is 116 Å². The summed E-state index contributed by atoms with van der Waals surface area (Å²) in [6.07, 6.45) is 1.13. The minimum Gasteiger partial charge on any atom is -0.392 e. The van der Waals surface area contributed by atoms with E-state index in [1.807, 2.05) is 0 Å². The van der Waals surface area contributed by atoms with E-state index in [2.05, 4.69) is 25.0 Å². The first-order valence-electron chi connectivity index (χ1n) is 21.8. The summed E-state index contributed by atoms with van der Waals surface area (Å²) < 4.78 is 254. The van der Waals surface area contributed by atoms with E-state index in [0.717, 1.165) is 36.4 Å². The average molecular weight is 1060 g/mol. The maximum absolute atomic E-state index is 16.5. The minimum atomic E-state index is -2.11. The van der Waals surface area contributed by atoms with E-state index in [1.54, 1.807) is 0 Å². The summed E-state index contributed by atoms with van der Waals surface area (Å²) in [6, 6.07) is 2.77. The Morgan fingerprint density at radius 1 is 0.427 bits per heavy atom. The van der Waals surface area contributed by atoms with Crippen molar-refractivity contribution in [1.82, 2.24) is 29.7 Å². The van der Waals surface area contributed by atoms with E-state index in [1.165, 1.54) is 4.68 Å². The lowest BCUT2D eigenvalue weighted by molar-refractivity contribution is 0.256. The van der Waals surface area contributed by atoms with Crippen molar-refractivity contribution in [2.75, 3.05) is 0 Å². The lowest BCUT2D eigenvalue weighted by atomic mass is 9.79. The number of aliphatic hydroxyl groups excluding tert-OH is 2. The lowest BCUT2D eigenvalue weighted by Crippen LogP contribution is -2.25. The third-order valence-electron chi connectivity index (χ3n) is 13.3. The van der Waals surface area contributed by atoms with Crippen molar-refractivity contribution in [3.63, 3.8) is 0 Å². The Labute approximate surface area is 407 Å². The molecular formula is C51H24F16N6O2. The number of H-pyrrole nitrogens is 2. The molecule has 3 aliphatic heterocycles. The molecule has 0 radical (unpaired) electrons. The number of fused-ring (bicyclic) bond motifs is 12. The minimum absolute atomic E-state index is 0.0224. The Balaban J connectivity index is 1.44. The second kappa shape index (κ2) is 17.7. The normalized spacial score (nSPS) is 15.0. The van der Waals surface area contributed by atoms with Gasteiger partial charge >= 0.3 is 0 Å². The number of aromatic nitrogens is 6. The van der Waals surface area contributed by atoms with E-state index in [4.69, 9.17) is 0 Å². The highest BCUT2D eigenvalue weighted by Gasteiger charge is 2.44. The van der Waals surface area contributed by atoms with Crippen molar-refractivity contribution in [2.45, 2.75) is 38.0 Å². The number of benzene rings is 4. The molecule has 7 heterocycles. The Bertz CT molecular complexity index is 3950. The maximum atomic E-state index is 16.5. The van der Waals surface area contributed by atoms with Crippen molar-refractivity contribution in [2.24, 2.45) is 0 Å². The van der Waals surface area contributed by atoms with Gasteiger partial charge in [0.2, 0.25) is 0 Å². The van der Waals surface area contributed by atoms with Crippen LogP contribution >= 0.6 is 0 Å². The van der Waals surface area contributed by atoms with E-state index in [9.17, 15) is 10.2 Å². The van der Waals surface area contributed by atoms with Crippen LogP contribution in [0.5, 0.6) is 0 Å². The molecule has 0 fully saturated rings. The second-order valence-electron chi connectivity index (χ2n) is 17.3. The fourth-order valence-corrected chi connectivity index (χ4v) is 10.1. The number of aliphatic hydroxyl groups is 2. The second-order valence-corrected chi connectivity index (χ2v) is 17.3. The molecule has 8 bridgehead atoms. The van der Waals surface area contributed by atoms with Crippen LogP contribution in [-0.2, 0) is 26.2 Å². The van der Waals surface area contributed by atoms with Gasteiger partial charge in [-0.2, -0.15) is 5.10 Å². The van der Waals surface area contributed by atoms with Crippen molar-refractivity contribution < 1.29 is 80.5 Å². The van der Waals surface area contributed by atoms with Gasteiger partial charge in [0.05, 0.1) is 70.5 Å². The molecule has 4 aromatic carbocycles. The lowest BCUT2D eigenvalue weighted by Gasteiger charge is -2.29. The molecular weight excluding hydrogens is 1030 g/mol. The number of rotatable bonds is 6. The number of nitrogens with one attached hydrogen (secondary N) is 2. The van der Waals surface area contributed by atoms with Crippen molar-refractivity contribution in [1.29, 1.82) is 0 Å². The van der Waals surface area contributed by atoms with Crippen LogP contribution in [0.25, 0.3) is 78.7 Å². The largest absolute Gasteiger partial charge is 0.392 e.